The Morgan fingerprint density at radius 3 is 2.88 bits per heavy atom. The molecule has 0 aromatic carbocycles. The number of aromatic nitrogens is 1. The predicted octanol–water partition coefficient (Wildman–Crippen LogP) is 1.47. The van der Waals surface area contributed by atoms with Gasteiger partial charge in [-0.15, -0.1) is 0 Å². The van der Waals surface area contributed by atoms with Gasteiger partial charge in [-0.25, -0.2) is 8.42 Å². The molecule has 0 aliphatic carbocycles. The lowest BCUT2D eigenvalue weighted by molar-refractivity contribution is 0.601. The van der Waals surface area contributed by atoms with E-state index in [1.54, 1.807) is 12.4 Å². The van der Waals surface area contributed by atoms with Crippen LogP contribution >= 0.6 is 15.9 Å². The average molecular weight is 305 g/mol. The highest BCUT2D eigenvalue weighted by atomic mass is 79.9. The Labute approximate surface area is 104 Å². The molecule has 6 heteroatoms. The third-order valence-corrected chi connectivity index (χ3v) is 5.25. The lowest BCUT2D eigenvalue weighted by atomic mass is 10.2. The smallest absolute Gasteiger partial charge is 0.152 e. The van der Waals surface area contributed by atoms with Crippen LogP contribution in [0, 0.1) is 0 Å². The second-order valence-corrected chi connectivity index (χ2v) is 7.08. The number of hydrogen-bond acceptors (Lipinski definition) is 4. The van der Waals surface area contributed by atoms with Gasteiger partial charge in [-0.05, 0) is 28.4 Å². The quantitative estimate of drug-likeness (QED) is 0.830. The van der Waals surface area contributed by atoms with E-state index in [0.717, 1.165) is 10.2 Å². The standard InChI is InChI=1S/C10H13BrN2O2S/c1-13(8-3-5-16(14,15)7-8)10-2-4-12-6-9(10)11/h2,4,6,8H,3,5,7H2,1H3. The van der Waals surface area contributed by atoms with Crippen molar-refractivity contribution in [1.82, 2.24) is 4.98 Å². The van der Waals surface area contributed by atoms with Crippen LogP contribution in [-0.4, -0.2) is 38.0 Å². The fourth-order valence-corrected chi connectivity index (χ4v) is 4.24. The van der Waals surface area contributed by atoms with Crippen LogP contribution in [0.4, 0.5) is 5.69 Å². The fourth-order valence-electron chi connectivity index (χ4n) is 1.93. The minimum absolute atomic E-state index is 0.0729. The number of halogens is 1. The van der Waals surface area contributed by atoms with E-state index in [4.69, 9.17) is 0 Å². The summed E-state index contributed by atoms with van der Waals surface area (Å²) >= 11 is 3.42. The molecule has 1 aliphatic heterocycles. The number of sulfone groups is 1. The molecule has 0 N–H and O–H groups in total. The third-order valence-electron chi connectivity index (χ3n) is 2.89. The van der Waals surface area contributed by atoms with Gasteiger partial charge in [-0.1, -0.05) is 0 Å². The van der Waals surface area contributed by atoms with E-state index < -0.39 is 9.84 Å². The highest BCUT2D eigenvalue weighted by Crippen LogP contribution is 2.28. The molecular weight excluding hydrogens is 292 g/mol. The molecule has 88 valence electrons. The van der Waals surface area contributed by atoms with Crippen LogP contribution in [0.15, 0.2) is 22.9 Å². The molecule has 0 spiro atoms. The molecule has 1 fully saturated rings. The van der Waals surface area contributed by atoms with Gasteiger partial charge in [0.25, 0.3) is 0 Å². The van der Waals surface area contributed by atoms with Crippen molar-refractivity contribution in [2.45, 2.75) is 12.5 Å². The van der Waals surface area contributed by atoms with Crippen LogP contribution in [0.2, 0.25) is 0 Å². The maximum Gasteiger partial charge on any atom is 0.152 e. The summed E-state index contributed by atoms with van der Waals surface area (Å²) in [6.45, 7) is 0. The van der Waals surface area contributed by atoms with Gasteiger partial charge in [-0.2, -0.15) is 0 Å². The van der Waals surface area contributed by atoms with Gasteiger partial charge in [0.15, 0.2) is 9.84 Å². The van der Waals surface area contributed by atoms with Crippen LogP contribution in [0.1, 0.15) is 6.42 Å². The molecular formula is C10H13BrN2O2S. The largest absolute Gasteiger partial charge is 0.370 e. The topological polar surface area (TPSA) is 50.3 Å². The van der Waals surface area contributed by atoms with Crippen LogP contribution in [-0.2, 0) is 9.84 Å². The number of rotatable bonds is 2. The van der Waals surface area contributed by atoms with Crippen LogP contribution < -0.4 is 4.90 Å². The summed E-state index contributed by atoms with van der Waals surface area (Å²) in [5.41, 5.74) is 0.983. The van der Waals surface area contributed by atoms with E-state index in [-0.39, 0.29) is 11.8 Å². The molecule has 1 aliphatic rings. The van der Waals surface area contributed by atoms with E-state index in [1.807, 2.05) is 18.0 Å². The van der Waals surface area contributed by atoms with E-state index in [1.165, 1.54) is 0 Å². The molecule has 0 bridgehead atoms. The lowest BCUT2D eigenvalue weighted by Crippen LogP contribution is -2.32. The summed E-state index contributed by atoms with van der Waals surface area (Å²) in [4.78, 5) is 6.00. The molecule has 4 nitrogen and oxygen atoms in total. The summed E-state index contributed by atoms with van der Waals surface area (Å²) in [7, 11) is -0.912. The molecule has 1 aromatic heterocycles. The van der Waals surface area contributed by atoms with Gasteiger partial charge in [0, 0.05) is 25.5 Å². The Morgan fingerprint density at radius 1 is 1.56 bits per heavy atom. The second-order valence-electron chi connectivity index (χ2n) is 3.99. The minimum Gasteiger partial charge on any atom is -0.370 e. The fraction of sp³-hybridized carbons (Fsp3) is 0.500. The average Bonchev–Trinajstić information content (AvgIpc) is 2.59. The van der Waals surface area contributed by atoms with Crippen molar-refractivity contribution >= 4 is 31.5 Å². The molecule has 2 rings (SSSR count). The minimum atomic E-state index is -2.83. The lowest BCUT2D eigenvalue weighted by Gasteiger charge is -2.26. The van der Waals surface area contributed by atoms with Crippen LogP contribution in [0.3, 0.4) is 0 Å². The number of nitrogens with zero attached hydrogens (tertiary/aromatic N) is 2. The first-order chi connectivity index (χ1) is 7.49. The molecule has 1 atom stereocenters. The zero-order chi connectivity index (χ0) is 11.8. The van der Waals surface area contributed by atoms with Crippen molar-refractivity contribution in [2.24, 2.45) is 0 Å². The highest BCUT2D eigenvalue weighted by Gasteiger charge is 2.31. The van der Waals surface area contributed by atoms with Crippen LogP contribution in [0.5, 0.6) is 0 Å². The first kappa shape index (κ1) is 11.9. The van der Waals surface area contributed by atoms with Crippen molar-refractivity contribution in [3.8, 4) is 0 Å². The van der Waals surface area contributed by atoms with Crippen molar-refractivity contribution in [2.75, 3.05) is 23.5 Å². The number of hydrogen-bond donors (Lipinski definition) is 0. The summed E-state index contributed by atoms with van der Waals surface area (Å²) in [6.07, 6.45) is 4.13. The van der Waals surface area contributed by atoms with E-state index >= 15 is 0 Å². The zero-order valence-corrected chi connectivity index (χ0v) is 11.3. The first-order valence-corrected chi connectivity index (χ1v) is 7.64. The van der Waals surface area contributed by atoms with Gasteiger partial charge in [0.1, 0.15) is 0 Å². The normalized spacial score (nSPS) is 23.2. The number of anilines is 1. The van der Waals surface area contributed by atoms with Gasteiger partial charge in [0.05, 0.1) is 21.7 Å². The monoisotopic (exact) mass is 304 g/mol. The Morgan fingerprint density at radius 2 is 2.31 bits per heavy atom. The Hall–Kier alpha value is -0.620. The van der Waals surface area contributed by atoms with Crippen molar-refractivity contribution < 1.29 is 8.42 Å². The van der Waals surface area contributed by atoms with Gasteiger partial charge >= 0.3 is 0 Å². The third kappa shape index (κ3) is 2.38. The maximum atomic E-state index is 11.4. The molecule has 0 amide bonds. The summed E-state index contributed by atoms with van der Waals surface area (Å²) < 4.78 is 23.7. The highest BCUT2D eigenvalue weighted by molar-refractivity contribution is 9.10. The van der Waals surface area contributed by atoms with E-state index in [9.17, 15) is 8.42 Å². The maximum absolute atomic E-state index is 11.4. The summed E-state index contributed by atoms with van der Waals surface area (Å²) in [6, 6.07) is 1.96. The van der Waals surface area contributed by atoms with E-state index in [2.05, 4.69) is 20.9 Å². The summed E-state index contributed by atoms with van der Waals surface area (Å²) in [5.74, 6) is 0.545. The van der Waals surface area contributed by atoms with E-state index in [0.29, 0.717) is 12.2 Å². The molecule has 0 radical (unpaired) electrons. The van der Waals surface area contributed by atoms with Crippen molar-refractivity contribution in [1.29, 1.82) is 0 Å². The molecule has 0 saturated carbocycles. The van der Waals surface area contributed by atoms with Crippen LogP contribution in [0.25, 0.3) is 0 Å². The Balaban J connectivity index is 2.21. The molecule has 1 unspecified atom stereocenters. The first-order valence-electron chi connectivity index (χ1n) is 5.02. The Kier molecular flexibility index (Phi) is 3.21. The summed E-state index contributed by atoms with van der Waals surface area (Å²) in [5, 5.41) is 0. The second kappa shape index (κ2) is 4.33. The molecule has 1 aromatic rings. The van der Waals surface area contributed by atoms with Crippen molar-refractivity contribution in [3.05, 3.63) is 22.9 Å². The SMILES string of the molecule is CN(c1ccncc1Br)C1CCS(=O)(=O)C1. The molecule has 2 heterocycles. The zero-order valence-electron chi connectivity index (χ0n) is 8.93. The predicted molar refractivity (Wildman–Crippen MR) is 67.4 cm³/mol. The van der Waals surface area contributed by atoms with Gasteiger partial charge < -0.3 is 4.90 Å². The van der Waals surface area contributed by atoms with Crippen molar-refractivity contribution in [3.63, 3.8) is 0 Å². The van der Waals surface area contributed by atoms with Gasteiger partial charge in [0.2, 0.25) is 0 Å². The number of pyridine rings is 1. The Bertz CT molecular complexity index is 489. The molecule has 1 saturated heterocycles. The van der Waals surface area contributed by atoms with Gasteiger partial charge in [-0.3, -0.25) is 4.98 Å². The molecule has 16 heavy (non-hydrogen) atoms.